The van der Waals surface area contributed by atoms with Crippen molar-refractivity contribution in [3.63, 3.8) is 0 Å². The summed E-state index contributed by atoms with van der Waals surface area (Å²) in [6, 6.07) is 12.6. The molecule has 2 N–H and O–H groups in total. The zero-order chi connectivity index (χ0) is 16.2. The number of hydrogen-bond donors (Lipinski definition) is 2. The molecule has 1 amide bonds. The molecule has 23 heavy (non-hydrogen) atoms. The Hall–Kier alpha value is -2.15. The molecule has 0 saturated heterocycles. The van der Waals surface area contributed by atoms with Crippen LogP contribution in [0.1, 0.15) is 9.67 Å². The summed E-state index contributed by atoms with van der Waals surface area (Å²) < 4.78 is 1.58. The number of amides is 1. The highest BCUT2D eigenvalue weighted by Crippen LogP contribution is 2.24. The Balaban J connectivity index is 1.89. The molecule has 0 spiro atoms. The van der Waals surface area contributed by atoms with Crippen molar-refractivity contribution >= 4 is 34.7 Å². The molecule has 0 aliphatic heterocycles. The fourth-order valence-corrected chi connectivity index (χ4v) is 2.87. The second-order valence-corrected chi connectivity index (χ2v) is 6.18. The van der Waals surface area contributed by atoms with Crippen LogP contribution in [0, 0.1) is 0 Å². The van der Waals surface area contributed by atoms with Crippen molar-refractivity contribution in [3.8, 4) is 11.3 Å². The van der Waals surface area contributed by atoms with E-state index in [1.54, 1.807) is 28.9 Å². The molecule has 0 aliphatic carbocycles. The molecule has 0 radical (unpaired) electrons. The maximum atomic E-state index is 12.2. The van der Waals surface area contributed by atoms with Crippen molar-refractivity contribution in [1.29, 1.82) is 0 Å². The predicted molar refractivity (Wildman–Crippen MR) is 92.0 cm³/mol. The number of carbonyl (C=O) groups excluding carboxylic acids is 1. The highest BCUT2D eigenvalue weighted by Gasteiger charge is 2.14. The first-order chi connectivity index (χ1) is 11.2. The molecular weight excluding hydrogens is 334 g/mol. The van der Waals surface area contributed by atoms with E-state index in [0.717, 1.165) is 5.56 Å². The van der Waals surface area contributed by atoms with Gasteiger partial charge in [0.15, 0.2) is 0 Å². The third-order valence-electron chi connectivity index (χ3n) is 3.22. The van der Waals surface area contributed by atoms with Crippen LogP contribution in [0.15, 0.2) is 47.8 Å². The number of rotatable bonds is 5. The Kier molecular flexibility index (Phi) is 4.76. The van der Waals surface area contributed by atoms with E-state index < -0.39 is 0 Å². The lowest BCUT2D eigenvalue weighted by atomic mass is 10.1. The molecule has 0 atom stereocenters. The van der Waals surface area contributed by atoms with Crippen molar-refractivity contribution in [3.05, 3.63) is 57.7 Å². The smallest absolute Gasteiger partial charge is 0.266 e. The highest BCUT2D eigenvalue weighted by molar-refractivity contribution is 7.12. The predicted octanol–water partition coefficient (Wildman–Crippen LogP) is 3.51. The zero-order valence-corrected chi connectivity index (χ0v) is 13.6. The largest absolute Gasteiger partial charge is 0.394 e. The Bertz CT molecular complexity index is 797. The fourth-order valence-electron chi connectivity index (χ4n) is 2.13. The van der Waals surface area contributed by atoms with Gasteiger partial charge < -0.3 is 10.4 Å². The minimum absolute atomic E-state index is 0.0659. The number of aliphatic hydroxyl groups excluding tert-OH is 1. The lowest BCUT2D eigenvalue weighted by molar-refractivity contribution is 0.102. The van der Waals surface area contributed by atoms with E-state index in [1.165, 1.54) is 11.3 Å². The van der Waals surface area contributed by atoms with E-state index in [-0.39, 0.29) is 12.5 Å². The fraction of sp³-hybridized carbons (Fsp3) is 0.125. The van der Waals surface area contributed by atoms with Crippen LogP contribution in [-0.4, -0.2) is 27.4 Å². The van der Waals surface area contributed by atoms with Gasteiger partial charge in [-0.2, -0.15) is 5.10 Å². The van der Waals surface area contributed by atoms with Crippen molar-refractivity contribution < 1.29 is 9.90 Å². The van der Waals surface area contributed by atoms with Gasteiger partial charge in [-0.3, -0.25) is 4.79 Å². The number of benzene rings is 1. The molecule has 1 aromatic carbocycles. The summed E-state index contributed by atoms with van der Waals surface area (Å²) in [6.07, 6.45) is 0. The molecule has 0 unspecified atom stereocenters. The Labute approximate surface area is 142 Å². The number of aromatic nitrogens is 2. The number of hydrogen-bond acceptors (Lipinski definition) is 4. The van der Waals surface area contributed by atoms with Crippen LogP contribution in [0.5, 0.6) is 0 Å². The quantitative estimate of drug-likeness (QED) is 0.742. The van der Waals surface area contributed by atoms with Crippen LogP contribution in [0.2, 0.25) is 5.02 Å². The van der Waals surface area contributed by atoms with E-state index in [4.69, 9.17) is 11.6 Å². The molecule has 2 heterocycles. The molecule has 0 bridgehead atoms. The Morgan fingerprint density at radius 3 is 2.74 bits per heavy atom. The van der Waals surface area contributed by atoms with E-state index in [2.05, 4.69) is 10.4 Å². The topological polar surface area (TPSA) is 67.2 Å². The van der Waals surface area contributed by atoms with Crippen LogP contribution in [0.25, 0.3) is 11.3 Å². The number of nitrogens with zero attached hydrogens (tertiary/aromatic N) is 2. The molecular formula is C16H14ClN3O2S. The van der Waals surface area contributed by atoms with Gasteiger partial charge in [-0.05, 0) is 23.6 Å². The maximum absolute atomic E-state index is 12.2. The molecule has 3 aromatic rings. The lowest BCUT2D eigenvalue weighted by Gasteiger charge is -2.06. The third kappa shape index (κ3) is 3.61. The number of nitrogens with one attached hydrogen (secondary N) is 1. The molecule has 118 valence electrons. The van der Waals surface area contributed by atoms with Gasteiger partial charge >= 0.3 is 0 Å². The summed E-state index contributed by atoms with van der Waals surface area (Å²) >= 11 is 7.27. The summed E-state index contributed by atoms with van der Waals surface area (Å²) in [7, 11) is 0. The van der Waals surface area contributed by atoms with Crippen molar-refractivity contribution in [2.75, 3.05) is 11.9 Å². The van der Waals surface area contributed by atoms with Gasteiger partial charge in [-0.15, -0.1) is 11.3 Å². The molecule has 0 saturated carbocycles. The average molecular weight is 348 g/mol. The van der Waals surface area contributed by atoms with Crippen LogP contribution in [-0.2, 0) is 6.54 Å². The number of carbonyl (C=O) groups is 1. The standard InChI is InChI=1S/C16H14ClN3O2S/c17-12-5-3-11(4-6-12)13-10-15(20(19-13)7-8-21)18-16(22)14-2-1-9-23-14/h1-6,9-10,21H,7-8H2,(H,18,22). The van der Waals surface area contributed by atoms with Crippen molar-refractivity contribution in [2.24, 2.45) is 0 Å². The minimum atomic E-state index is -0.193. The van der Waals surface area contributed by atoms with Gasteiger partial charge in [0.2, 0.25) is 0 Å². The second-order valence-electron chi connectivity index (χ2n) is 4.80. The van der Waals surface area contributed by atoms with Gasteiger partial charge in [0.05, 0.1) is 23.7 Å². The number of thiophene rings is 1. The first-order valence-electron chi connectivity index (χ1n) is 6.97. The normalized spacial score (nSPS) is 10.7. The SMILES string of the molecule is O=C(Nc1cc(-c2ccc(Cl)cc2)nn1CCO)c1cccs1. The van der Waals surface area contributed by atoms with E-state index in [9.17, 15) is 9.90 Å². The number of anilines is 1. The molecule has 0 fully saturated rings. The number of halogens is 1. The molecule has 2 aromatic heterocycles. The van der Waals surface area contributed by atoms with Crippen LogP contribution < -0.4 is 5.32 Å². The Morgan fingerprint density at radius 2 is 2.09 bits per heavy atom. The summed E-state index contributed by atoms with van der Waals surface area (Å²) in [5, 5.41) is 19.0. The van der Waals surface area contributed by atoms with Gasteiger partial charge in [0.1, 0.15) is 5.82 Å². The summed E-state index contributed by atoms with van der Waals surface area (Å²) in [5.41, 5.74) is 1.59. The third-order valence-corrected chi connectivity index (χ3v) is 4.34. The first kappa shape index (κ1) is 15.7. The maximum Gasteiger partial charge on any atom is 0.266 e. The highest BCUT2D eigenvalue weighted by atomic mass is 35.5. The van der Waals surface area contributed by atoms with Crippen molar-refractivity contribution in [1.82, 2.24) is 9.78 Å². The zero-order valence-electron chi connectivity index (χ0n) is 12.1. The van der Waals surface area contributed by atoms with Gasteiger partial charge in [0.25, 0.3) is 5.91 Å². The van der Waals surface area contributed by atoms with E-state index in [0.29, 0.717) is 28.0 Å². The van der Waals surface area contributed by atoms with Crippen LogP contribution >= 0.6 is 22.9 Å². The second kappa shape index (κ2) is 6.95. The molecule has 7 heteroatoms. The first-order valence-corrected chi connectivity index (χ1v) is 8.22. The molecule has 0 aliphatic rings. The van der Waals surface area contributed by atoms with Crippen LogP contribution in [0.4, 0.5) is 5.82 Å². The van der Waals surface area contributed by atoms with E-state index >= 15 is 0 Å². The summed E-state index contributed by atoms with van der Waals surface area (Å²) in [6.45, 7) is 0.233. The Morgan fingerprint density at radius 1 is 1.30 bits per heavy atom. The minimum Gasteiger partial charge on any atom is -0.394 e. The average Bonchev–Trinajstić information content (AvgIpc) is 3.19. The van der Waals surface area contributed by atoms with Gasteiger partial charge in [-0.25, -0.2) is 4.68 Å². The lowest BCUT2D eigenvalue weighted by Crippen LogP contribution is -2.15. The molecule has 5 nitrogen and oxygen atoms in total. The summed E-state index contributed by atoms with van der Waals surface area (Å²) in [4.78, 5) is 12.8. The van der Waals surface area contributed by atoms with E-state index in [1.807, 2.05) is 23.6 Å². The van der Waals surface area contributed by atoms with Gasteiger partial charge in [-0.1, -0.05) is 29.8 Å². The summed E-state index contributed by atoms with van der Waals surface area (Å²) in [5.74, 6) is 0.351. The number of aliphatic hydroxyl groups is 1. The molecule has 3 rings (SSSR count). The van der Waals surface area contributed by atoms with Crippen LogP contribution in [0.3, 0.4) is 0 Å². The monoisotopic (exact) mass is 347 g/mol. The van der Waals surface area contributed by atoms with Crippen molar-refractivity contribution in [2.45, 2.75) is 6.54 Å². The van der Waals surface area contributed by atoms with Gasteiger partial charge in [0, 0.05) is 16.7 Å².